The fraction of sp³-hybridized carbons (Fsp3) is 0.571. The highest BCUT2D eigenvalue weighted by Crippen LogP contribution is 2.45. The standard InChI is InChI=1S/C14H17F3/c15-14(16,17)13(11-7-3-1-4-8-11)12-9-5-2-6-10-12/h1,3-4,7-8,12-13H,2,5-6,9-10H2. The van der Waals surface area contributed by atoms with E-state index in [1.54, 1.807) is 30.3 Å². The van der Waals surface area contributed by atoms with Crippen LogP contribution in [0.3, 0.4) is 0 Å². The zero-order valence-electron chi connectivity index (χ0n) is 9.71. The van der Waals surface area contributed by atoms with Crippen molar-refractivity contribution in [1.29, 1.82) is 0 Å². The highest BCUT2D eigenvalue weighted by atomic mass is 19.4. The van der Waals surface area contributed by atoms with Gasteiger partial charge in [-0.1, -0.05) is 49.6 Å². The predicted octanol–water partition coefficient (Wildman–Crippen LogP) is 4.91. The maximum atomic E-state index is 13.2. The molecular formula is C14H17F3. The number of halogens is 3. The molecule has 0 radical (unpaired) electrons. The number of benzene rings is 1. The molecule has 1 aromatic carbocycles. The molecule has 0 nitrogen and oxygen atoms in total. The minimum atomic E-state index is -4.12. The molecule has 0 aromatic heterocycles. The fourth-order valence-corrected chi connectivity index (χ4v) is 2.86. The van der Waals surface area contributed by atoms with Gasteiger partial charge in [-0.15, -0.1) is 0 Å². The Kier molecular flexibility index (Phi) is 3.75. The minimum absolute atomic E-state index is 0.230. The average Bonchev–Trinajstić information content (AvgIpc) is 2.30. The summed E-state index contributed by atoms with van der Waals surface area (Å²) in [5, 5.41) is 0. The molecule has 0 saturated heterocycles. The summed E-state index contributed by atoms with van der Waals surface area (Å²) in [5.74, 6) is -1.50. The first kappa shape index (κ1) is 12.5. The van der Waals surface area contributed by atoms with Crippen molar-refractivity contribution < 1.29 is 13.2 Å². The quantitative estimate of drug-likeness (QED) is 0.691. The summed E-state index contributed by atoms with van der Waals surface area (Å²) in [7, 11) is 0. The Labute approximate surface area is 99.8 Å². The summed E-state index contributed by atoms with van der Waals surface area (Å²) in [5.41, 5.74) is 0.423. The van der Waals surface area contributed by atoms with Gasteiger partial charge in [-0.05, 0) is 24.3 Å². The Bertz CT molecular complexity index is 336. The lowest BCUT2D eigenvalue weighted by molar-refractivity contribution is -0.164. The average molecular weight is 242 g/mol. The molecule has 94 valence electrons. The van der Waals surface area contributed by atoms with Gasteiger partial charge in [-0.2, -0.15) is 13.2 Å². The third-order valence-electron chi connectivity index (χ3n) is 3.63. The molecule has 1 aliphatic carbocycles. The first-order chi connectivity index (χ1) is 8.09. The lowest BCUT2D eigenvalue weighted by Gasteiger charge is -2.32. The Balaban J connectivity index is 2.25. The second-order valence-corrected chi connectivity index (χ2v) is 4.83. The van der Waals surface area contributed by atoms with E-state index in [0.717, 1.165) is 19.3 Å². The van der Waals surface area contributed by atoms with Crippen LogP contribution < -0.4 is 0 Å². The molecule has 1 aromatic rings. The Morgan fingerprint density at radius 2 is 1.53 bits per heavy atom. The molecule has 1 atom stereocenters. The molecule has 1 aliphatic rings. The van der Waals surface area contributed by atoms with E-state index in [0.29, 0.717) is 18.4 Å². The van der Waals surface area contributed by atoms with Crippen LogP contribution in [0.15, 0.2) is 30.3 Å². The number of hydrogen-bond acceptors (Lipinski definition) is 0. The van der Waals surface area contributed by atoms with Crippen LogP contribution in [0, 0.1) is 5.92 Å². The smallest absolute Gasteiger partial charge is 0.170 e. The lowest BCUT2D eigenvalue weighted by Crippen LogP contribution is -2.29. The van der Waals surface area contributed by atoms with Crippen LogP contribution >= 0.6 is 0 Å². The van der Waals surface area contributed by atoms with Gasteiger partial charge in [0.05, 0.1) is 5.92 Å². The molecule has 3 heteroatoms. The molecule has 1 unspecified atom stereocenters. The maximum absolute atomic E-state index is 13.2. The van der Waals surface area contributed by atoms with Gasteiger partial charge in [-0.25, -0.2) is 0 Å². The Morgan fingerprint density at radius 1 is 0.941 bits per heavy atom. The number of rotatable bonds is 2. The molecule has 0 bridgehead atoms. The van der Waals surface area contributed by atoms with Crippen molar-refractivity contribution in [3.63, 3.8) is 0 Å². The topological polar surface area (TPSA) is 0 Å². The molecule has 0 amide bonds. The summed E-state index contributed by atoms with van der Waals surface area (Å²) < 4.78 is 39.6. The second-order valence-electron chi connectivity index (χ2n) is 4.83. The van der Waals surface area contributed by atoms with Gasteiger partial charge in [0.25, 0.3) is 0 Å². The van der Waals surface area contributed by atoms with Gasteiger partial charge in [0.2, 0.25) is 0 Å². The lowest BCUT2D eigenvalue weighted by atomic mass is 9.76. The Hall–Kier alpha value is -0.990. The largest absolute Gasteiger partial charge is 0.396 e. The fourth-order valence-electron chi connectivity index (χ4n) is 2.86. The van der Waals surface area contributed by atoms with Crippen LogP contribution in [0.25, 0.3) is 0 Å². The van der Waals surface area contributed by atoms with Crippen molar-refractivity contribution in [2.45, 2.75) is 44.2 Å². The Morgan fingerprint density at radius 3 is 2.06 bits per heavy atom. The van der Waals surface area contributed by atoms with E-state index in [1.165, 1.54) is 0 Å². The number of hydrogen-bond donors (Lipinski definition) is 0. The van der Waals surface area contributed by atoms with Crippen LogP contribution in [0.2, 0.25) is 0 Å². The van der Waals surface area contributed by atoms with Crippen LogP contribution in [0.5, 0.6) is 0 Å². The minimum Gasteiger partial charge on any atom is -0.170 e. The van der Waals surface area contributed by atoms with Crippen molar-refractivity contribution in [2.24, 2.45) is 5.92 Å². The third-order valence-corrected chi connectivity index (χ3v) is 3.63. The molecule has 0 N–H and O–H groups in total. The summed E-state index contributed by atoms with van der Waals surface area (Å²) in [6, 6.07) is 8.35. The number of alkyl halides is 3. The third kappa shape index (κ3) is 3.02. The monoisotopic (exact) mass is 242 g/mol. The summed E-state index contributed by atoms with van der Waals surface area (Å²) in [6.07, 6.45) is 0.242. The maximum Gasteiger partial charge on any atom is 0.396 e. The van der Waals surface area contributed by atoms with Gasteiger partial charge in [0, 0.05) is 0 Å². The van der Waals surface area contributed by atoms with E-state index in [9.17, 15) is 13.2 Å². The van der Waals surface area contributed by atoms with Crippen molar-refractivity contribution >= 4 is 0 Å². The summed E-state index contributed by atoms with van der Waals surface area (Å²) in [4.78, 5) is 0. The van der Waals surface area contributed by atoms with Crippen molar-refractivity contribution in [3.8, 4) is 0 Å². The molecule has 0 spiro atoms. The first-order valence-corrected chi connectivity index (χ1v) is 6.20. The summed E-state index contributed by atoms with van der Waals surface area (Å²) >= 11 is 0. The van der Waals surface area contributed by atoms with E-state index < -0.39 is 12.1 Å². The van der Waals surface area contributed by atoms with Gasteiger partial charge in [0.15, 0.2) is 0 Å². The van der Waals surface area contributed by atoms with E-state index in [4.69, 9.17) is 0 Å². The van der Waals surface area contributed by atoms with E-state index in [2.05, 4.69) is 0 Å². The van der Waals surface area contributed by atoms with Gasteiger partial charge in [-0.3, -0.25) is 0 Å². The van der Waals surface area contributed by atoms with Crippen LogP contribution in [0.4, 0.5) is 13.2 Å². The van der Waals surface area contributed by atoms with E-state index in [1.807, 2.05) is 0 Å². The van der Waals surface area contributed by atoms with Crippen LogP contribution in [0.1, 0.15) is 43.6 Å². The molecule has 1 saturated carbocycles. The van der Waals surface area contributed by atoms with Gasteiger partial charge < -0.3 is 0 Å². The van der Waals surface area contributed by atoms with Crippen molar-refractivity contribution in [3.05, 3.63) is 35.9 Å². The van der Waals surface area contributed by atoms with E-state index >= 15 is 0 Å². The molecule has 2 rings (SSSR count). The highest BCUT2D eigenvalue weighted by molar-refractivity contribution is 5.22. The van der Waals surface area contributed by atoms with Crippen molar-refractivity contribution in [2.75, 3.05) is 0 Å². The van der Waals surface area contributed by atoms with Crippen LogP contribution in [-0.4, -0.2) is 6.18 Å². The van der Waals surface area contributed by atoms with E-state index in [-0.39, 0.29) is 5.92 Å². The van der Waals surface area contributed by atoms with Gasteiger partial charge in [0.1, 0.15) is 0 Å². The highest BCUT2D eigenvalue weighted by Gasteiger charge is 2.45. The second kappa shape index (κ2) is 5.11. The normalized spacial score (nSPS) is 20.2. The molecule has 17 heavy (non-hydrogen) atoms. The summed E-state index contributed by atoms with van der Waals surface area (Å²) in [6.45, 7) is 0. The van der Waals surface area contributed by atoms with Gasteiger partial charge >= 0.3 is 6.18 Å². The zero-order chi connectivity index (χ0) is 12.3. The molecular weight excluding hydrogens is 225 g/mol. The predicted molar refractivity (Wildman–Crippen MR) is 61.8 cm³/mol. The zero-order valence-corrected chi connectivity index (χ0v) is 9.71. The van der Waals surface area contributed by atoms with Crippen LogP contribution in [-0.2, 0) is 0 Å². The molecule has 0 heterocycles. The SMILES string of the molecule is FC(F)(F)C(c1ccccc1)C1CCCCC1. The first-order valence-electron chi connectivity index (χ1n) is 6.20. The van der Waals surface area contributed by atoms with Crippen molar-refractivity contribution in [1.82, 2.24) is 0 Å². The molecule has 0 aliphatic heterocycles. The molecule has 1 fully saturated rings.